The third kappa shape index (κ3) is 5.03. The molecule has 0 saturated carbocycles. The van der Waals surface area contributed by atoms with E-state index in [1.54, 1.807) is 11.3 Å². The molecule has 100 valence electrons. The van der Waals surface area contributed by atoms with Gasteiger partial charge in [0.05, 0.1) is 17.7 Å². The predicted octanol–water partition coefficient (Wildman–Crippen LogP) is 2.28. The molecule has 1 heterocycles. The van der Waals surface area contributed by atoms with Crippen LogP contribution in [-0.2, 0) is 6.42 Å². The fourth-order valence-electron chi connectivity index (χ4n) is 1.63. The molecule has 1 aromatic heterocycles. The Balaban J connectivity index is 2.40. The predicted molar refractivity (Wildman–Crippen MR) is 77.0 cm³/mol. The molecule has 0 amide bonds. The normalized spacial score (nSPS) is 12.1. The summed E-state index contributed by atoms with van der Waals surface area (Å²) in [7, 11) is 1.99. The Morgan fingerprint density at radius 3 is 3.00 bits per heavy atom. The Labute approximate surface area is 114 Å². The highest BCUT2D eigenvalue weighted by Crippen LogP contribution is 2.20. The second kappa shape index (κ2) is 8.06. The quantitative estimate of drug-likeness (QED) is 0.733. The second-order valence-electron chi connectivity index (χ2n) is 4.53. The summed E-state index contributed by atoms with van der Waals surface area (Å²) in [4.78, 5) is 6.65. The molecule has 0 spiro atoms. The SMILES string of the molecule is CCCNCCc1csc(N(C)CC(C)C#N)n1. The minimum Gasteiger partial charge on any atom is -0.350 e. The largest absolute Gasteiger partial charge is 0.350 e. The molecule has 0 aliphatic rings. The molecule has 0 bridgehead atoms. The van der Waals surface area contributed by atoms with Gasteiger partial charge in [0.2, 0.25) is 0 Å². The standard InChI is InChI=1S/C13H22N4S/c1-4-6-15-7-5-12-10-18-13(16-12)17(3)9-11(2)8-14/h10-11,15H,4-7,9H2,1-3H3. The Bertz CT molecular complexity index is 383. The molecule has 1 unspecified atom stereocenters. The molecule has 18 heavy (non-hydrogen) atoms. The molecule has 0 aliphatic carbocycles. The van der Waals surface area contributed by atoms with Gasteiger partial charge in [0.15, 0.2) is 5.13 Å². The summed E-state index contributed by atoms with van der Waals surface area (Å²) in [5.74, 6) is 0.0357. The van der Waals surface area contributed by atoms with Gasteiger partial charge < -0.3 is 10.2 Å². The summed E-state index contributed by atoms with van der Waals surface area (Å²) in [6.07, 6.45) is 2.13. The van der Waals surface area contributed by atoms with Gasteiger partial charge in [-0.1, -0.05) is 6.92 Å². The summed E-state index contributed by atoms with van der Waals surface area (Å²) in [6.45, 7) is 6.88. The van der Waals surface area contributed by atoms with Crippen LogP contribution in [0.2, 0.25) is 0 Å². The van der Waals surface area contributed by atoms with Crippen LogP contribution in [0, 0.1) is 17.2 Å². The van der Waals surface area contributed by atoms with E-state index in [1.165, 1.54) is 0 Å². The van der Waals surface area contributed by atoms with Crippen molar-refractivity contribution in [1.29, 1.82) is 5.26 Å². The zero-order valence-corrected chi connectivity index (χ0v) is 12.3. The summed E-state index contributed by atoms with van der Waals surface area (Å²) >= 11 is 1.65. The van der Waals surface area contributed by atoms with Gasteiger partial charge >= 0.3 is 0 Å². The first kappa shape index (κ1) is 14.9. The Kier molecular flexibility index (Phi) is 6.69. The van der Waals surface area contributed by atoms with Gasteiger partial charge in [0, 0.05) is 31.9 Å². The maximum Gasteiger partial charge on any atom is 0.185 e. The third-order valence-corrected chi connectivity index (χ3v) is 3.62. The lowest BCUT2D eigenvalue weighted by Gasteiger charge is -2.16. The van der Waals surface area contributed by atoms with Gasteiger partial charge in [-0.3, -0.25) is 0 Å². The van der Waals surface area contributed by atoms with Crippen LogP contribution in [0.5, 0.6) is 0 Å². The van der Waals surface area contributed by atoms with Crippen molar-refractivity contribution in [2.75, 3.05) is 31.6 Å². The lowest BCUT2D eigenvalue weighted by atomic mass is 10.2. The van der Waals surface area contributed by atoms with E-state index in [9.17, 15) is 0 Å². The summed E-state index contributed by atoms with van der Waals surface area (Å²) in [5, 5.41) is 15.3. The highest BCUT2D eigenvalue weighted by Gasteiger charge is 2.10. The minimum absolute atomic E-state index is 0.0357. The van der Waals surface area contributed by atoms with Crippen LogP contribution >= 0.6 is 11.3 Å². The zero-order chi connectivity index (χ0) is 13.4. The average molecular weight is 266 g/mol. The van der Waals surface area contributed by atoms with E-state index in [1.807, 2.05) is 14.0 Å². The van der Waals surface area contributed by atoms with Gasteiger partial charge in [-0.2, -0.15) is 5.26 Å². The van der Waals surface area contributed by atoms with Crippen molar-refractivity contribution in [2.45, 2.75) is 26.7 Å². The minimum atomic E-state index is 0.0357. The van der Waals surface area contributed by atoms with E-state index in [0.717, 1.165) is 43.3 Å². The maximum absolute atomic E-state index is 8.80. The first-order chi connectivity index (χ1) is 8.67. The van der Waals surface area contributed by atoms with Crippen LogP contribution in [0.1, 0.15) is 26.0 Å². The van der Waals surface area contributed by atoms with Gasteiger partial charge in [0.1, 0.15) is 0 Å². The van der Waals surface area contributed by atoms with E-state index in [-0.39, 0.29) is 5.92 Å². The number of nitrogens with one attached hydrogen (secondary N) is 1. The number of rotatable bonds is 8. The lowest BCUT2D eigenvalue weighted by molar-refractivity contribution is 0.666. The average Bonchev–Trinajstić information content (AvgIpc) is 2.83. The van der Waals surface area contributed by atoms with Crippen molar-refractivity contribution < 1.29 is 0 Å². The van der Waals surface area contributed by atoms with E-state index >= 15 is 0 Å². The Morgan fingerprint density at radius 1 is 1.56 bits per heavy atom. The number of hydrogen-bond donors (Lipinski definition) is 1. The maximum atomic E-state index is 8.80. The number of thiazole rings is 1. The molecule has 1 aromatic rings. The molecule has 4 nitrogen and oxygen atoms in total. The lowest BCUT2D eigenvalue weighted by Crippen LogP contribution is -2.23. The second-order valence-corrected chi connectivity index (χ2v) is 5.37. The van der Waals surface area contributed by atoms with Crippen LogP contribution in [0.25, 0.3) is 0 Å². The molecule has 0 aromatic carbocycles. The molecule has 1 N–H and O–H groups in total. The molecule has 0 radical (unpaired) electrons. The number of hydrogen-bond acceptors (Lipinski definition) is 5. The number of nitriles is 1. The topological polar surface area (TPSA) is 52.0 Å². The monoisotopic (exact) mass is 266 g/mol. The summed E-state index contributed by atoms with van der Waals surface area (Å²) < 4.78 is 0. The van der Waals surface area contributed by atoms with Crippen molar-refractivity contribution in [3.8, 4) is 6.07 Å². The molecule has 1 rings (SSSR count). The van der Waals surface area contributed by atoms with Crippen LogP contribution in [0.15, 0.2) is 5.38 Å². The van der Waals surface area contributed by atoms with Crippen LogP contribution in [-0.4, -0.2) is 31.7 Å². The molecular formula is C13H22N4S. The molecule has 1 atom stereocenters. The van der Waals surface area contributed by atoms with Crippen LogP contribution < -0.4 is 10.2 Å². The molecule has 0 fully saturated rings. The fraction of sp³-hybridized carbons (Fsp3) is 0.692. The van der Waals surface area contributed by atoms with Crippen molar-refractivity contribution in [3.05, 3.63) is 11.1 Å². The third-order valence-electron chi connectivity index (χ3n) is 2.62. The smallest absolute Gasteiger partial charge is 0.185 e. The van der Waals surface area contributed by atoms with Crippen LogP contribution in [0.3, 0.4) is 0 Å². The Morgan fingerprint density at radius 2 is 2.33 bits per heavy atom. The molecule has 0 aliphatic heterocycles. The number of nitrogens with zero attached hydrogens (tertiary/aromatic N) is 3. The zero-order valence-electron chi connectivity index (χ0n) is 11.4. The first-order valence-electron chi connectivity index (χ1n) is 6.43. The summed E-state index contributed by atoms with van der Waals surface area (Å²) in [5.41, 5.74) is 1.13. The van der Waals surface area contributed by atoms with Crippen LogP contribution in [0.4, 0.5) is 5.13 Å². The number of anilines is 1. The highest BCUT2D eigenvalue weighted by atomic mass is 32.1. The Hall–Kier alpha value is -1.12. The van der Waals surface area contributed by atoms with Gasteiger partial charge in [-0.15, -0.1) is 11.3 Å². The van der Waals surface area contributed by atoms with Crippen molar-refractivity contribution in [1.82, 2.24) is 10.3 Å². The van der Waals surface area contributed by atoms with E-state index in [0.29, 0.717) is 0 Å². The molecule has 5 heteroatoms. The number of aromatic nitrogens is 1. The summed E-state index contributed by atoms with van der Waals surface area (Å²) in [6, 6.07) is 2.25. The van der Waals surface area contributed by atoms with Gasteiger partial charge in [0.25, 0.3) is 0 Å². The fourth-order valence-corrected chi connectivity index (χ4v) is 2.47. The molecular weight excluding hydrogens is 244 g/mol. The van der Waals surface area contributed by atoms with Crippen molar-refractivity contribution in [2.24, 2.45) is 5.92 Å². The van der Waals surface area contributed by atoms with E-state index < -0.39 is 0 Å². The van der Waals surface area contributed by atoms with Gasteiger partial charge in [-0.25, -0.2) is 4.98 Å². The highest BCUT2D eigenvalue weighted by molar-refractivity contribution is 7.13. The van der Waals surface area contributed by atoms with Crippen molar-refractivity contribution in [3.63, 3.8) is 0 Å². The van der Waals surface area contributed by atoms with E-state index in [2.05, 4.69) is 33.6 Å². The molecule has 0 saturated heterocycles. The van der Waals surface area contributed by atoms with Gasteiger partial charge in [-0.05, 0) is 19.9 Å². The first-order valence-corrected chi connectivity index (χ1v) is 7.31. The van der Waals surface area contributed by atoms with E-state index in [4.69, 9.17) is 5.26 Å². The van der Waals surface area contributed by atoms with Crippen molar-refractivity contribution >= 4 is 16.5 Å².